The number of aliphatic carboxylic acids is 4. The molecule has 0 radical (unpaired) electrons. The van der Waals surface area contributed by atoms with Crippen LogP contribution in [0.3, 0.4) is 0 Å². The van der Waals surface area contributed by atoms with Gasteiger partial charge in [0.15, 0.2) is 12.2 Å². The van der Waals surface area contributed by atoms with Crippen molar-refractivity contribution >= 4 is 29.7 Å². The van der Waals surface area contributed by atoms with Gasteiger partial charge in [-0.3, -0.25) is 9.59 Å². The van der Waals surface area contributed by atoms with Crippen molar-refractivity contribution < 1.29 is 54.6 Å². The minimum atomic E-state index is -2.27. The predicted octanol–water partition coefficient (Wildman–Crippen LogP) is -3.01. The SMILES string of the molecule is O=C(O)C(O)C(O)C(=O)O.O=C(O)CC(=O)C(=O)O. The van der Waals surface area contributed by atoms with Gasteiger partial charge in [-0.1, -0.05) is 0 Å². The standard InChI is InChI=1S/C4H6O6.C4H4O5/c5-1(3(7)8)2(6)4(9)10;5-2(4(8)9)1-3(6)7/h1-2,5-6H,(H,7,8)(H,9,10);1H2,(H,6,7)(H,8,9). The Labute approximate surface area is 104 Å². The maximum absolute atomic E-state index is 9.97. The maximum Gasteiger partial charge on any atom is 0.372 e. The third kappa shape index (κ3) is 9.20. The van der Waals surface area contributed by atoms with Gasteiger partial charge in [-0.05, 0) is 0 Å². The molecule has 0 bridgehead atoms. The van der Waals surface area contributed by atoms with Gasteiger partial charge in [0.05, 0.1) is 0 Å². The molecule has 0 aliphatic heterocycles. The Kier molecular flexibility index (Phi) is 8.47. The Morgan fingerprint density at radius 1 is 0.737 bits per heavy atom. The largest absolute Gasteiger partial charge is 0.481 e. The number of carbonyl (C=O) groups excluding carboxylic acids is 1. The smallest absolute Gasteiger partial charge is 0.372 e. The number of carboxylic acids is 4. The Bertz CT molecular complexity index is 366. The average Bonchev–Trinajstić information content (AvgIpc) is 2.26. The molecule has 0 saturated heterocycles. The number of hydrogen-bond donors (Lipinski definition) is 6. The molecule has 0 fully saturated rings. The molecule has 6 N–H and O–H groups in total. The quantitative estimate of drug-likeness (QED) is 0.213. The molecule has 108 valence electrons. The number of carbonyl (C=O) groups is 5. The van der Waals surface area contributed by atoms with Gasteiger partial charge in [0, 0.05) is 0 Å². The van der Waals surface area contributed by atoms with E-state index in [0.717, 1.165) is 0 Å². The summed E-state index contributed by atoms with van der Waals surface area (Å²) in [6, 6.07) is 0. The molecule has 0 saturated carbocycles. The summed E-state index contributed by atoms with van der Waals surface area (Å²) in [4.78, 5) is 48.8. The van der Waals surface area contributed by atoms with Gasteiger partial charge >= 0.3 is 23.9 Å². The van der Waals surface area contributed by atoms with Crippen LogP contribution in [0.5, 0.6) is 0 Å². The zero-order chi connectivity index (χ0) is 15.7. The lowest BCUT2D eigenvalue weighted by molar-refractivity contribution is -0.165. The van der Waals surface area contributed by atoms with Gasteiger partial charge in [0.1, 0.15) is 6.42 Å². The van der Waals surface area contributed by atoms with Gasteiger partial charge in [0.2, 0.25) is 0 Å². The molecule has 0 spiro atoms. The Morgan fingerprint density at radius 3 is 1.16 bits per heavy atom. The molecule has 11 nitrogen and oxygen atoms in total. The first-order chi connectivity index (χ1) is 8.50. The highest BCUT2D eigenvalue weighted by atomic mass is 16.4. The lowest BCUT2D eigenvalue weighted by Gasteiger charge is -2.07. The van der Waals surface area contributed by atoms with Crippen LogP contribution in [0.4, 0.5) is 0 Å². The predicted molar refractivity (Wildman–Crippen MR) is 52.2 cm³/mol. The topological polar surface area (TPSA) is 207 Å². The van der Waals surface area contributed by atoms with E-state index in [1.807, 2.05) is 0 Å². The van der Waals surface area contributed by atoms with Crippen molar-refractivity contribution in [3.05, 3.63) is 0 Å². The molecular formula is C8H10O11. The van der Waals surface area contributed by atoms with Crippen LogP contribution in [0, 0.1) is 0 Å². The number of ketones is 1. The van der Waals surface area contributed by atoms with E-state index in [9.17, 15) is 24.0 Å². The van der Waals surface area contributed by atoms with Crippen molar-refractivity contribution in [2.75, 3.05) is 0 Å². The average molecular weight is 282 g/mol. The Balaban J connectivity index is 0. The number of hydrogen-bond acceptors (Lipinski definition) is 7. The van der Waals surface area contributed by atoms with Crippen LogP contribution >= 0.6 is 0 Å². The van der Waals surface area contributed by atoms with E-state index in [0.29, 0.717) is 0 Å². The zero-order valence-corrected chi connectivity index (χ0v) is 9.09. The number of rotatable bonds is 6. The molecule has 0 aliphatic rings. The summed E-state index contributed by atoms with van der Waals surface area (Å²) in [5, 5.41) is 48.2. The van der Waals surface area contributed by atoms with E-state index in [4.69, 9.17) is 30.6 Å². The van der Waals surface area contributed by atoms with Gasteiger partial charge in [-0.2, -0.15) is 0 Å². The first-order valence-corrected chi connectivity index (χ1v) is 4.30. The van der Waals surface area contributed by atoms with E-state index in [1.165, 1.54) is 0 Å². The maximum atomic E-state index is 9.97. The molecular weight excluding hydrogens is 272 g/mol. The number of aliphatic hydroxyl groups is 2. The monoisotopic (exact) mass is 282 g/mol. The fourth-order valence-corrected chi connectivity index (χ4v) is 0.483. The molecule has 0 aliphatic carbocycles. The highest BCUT2D eigenvalue weighted by Crippen LogP contribution is 1.92. The van der Waals surface area contributed by atoms with E-state index in [1.54, 1.807) is 0 Å². The van der Waals surface area contributed by atoms with E-state index in [-0.39, 0.29) is 0 Å². The van der Waals surface area contributed by atoms with Gasteiger partial charge in [-0.15, -0.1) is 0 Å². The van der Waals surface area contributed by atoms with Gasteiger partial charge < -0.3 is 30.6 Å². The fraction of sp³-hybridized carbons (Fsp3) is 0.375. The van der Waals surface area contributed by atoms with Crippen molar-refractivity contribution in [2.24, 2.45) is 0 Å². The molecule has 0 aromatic heterocycles. The number of aliphatic hydroxyl groups excluding tert-OH is 2. The second kappa shape index (κ2) is 8.54. The molecule has 0 aromatic rings. The minimum absolute atomic E-state index is 0.949. The molecule has 2 unspecified atom stereocenters. The van der Waals surface area contributed by atoms with Crippen molar-refractivity contribution in [1.29, 1.82) is 0 Å². The van der Waals surface area contributed by atoms with E-state index < -0.39 is 48.3 Å². The minimum Gasteiger partial charge on any atom is -0.481 e. The third-order valence-electron chi connectivity index (χ3n) is 1.36. The summed E-state index contributed by atoms with van der Waals surface area (Å²) in [7, 11) is 0. The summed E-state index contributed by atoms with van der Waals surface area (Å²) in [5.41, 5.74) is 0. The molecule has 19 heavy (non-hydrogen) atoms. The summed E-state index contributed by atoms with van der Waals surface area (Å²) in [5.74, 6) is -7.98. The highest BCUT2D eigenvalue weighted by molar-refractivity contribution is 6.35. The van der Waals surface area contributed by atoms with Crippen LogP contribution in [0.1, 0.15) is 6.42 Å². The van der Waals surface area contributed by atoms with Crippen LogP contribution < -0.4 is 0 Å². The Morgan fingerprint density at radius 2 is 1.05 bits per heavy atom. The molecule has 0 amide bonds. The van der Waals surface area contributed by atoms with Crippen molar-refractivity contribution in [3.63, 3.8) is 0 Å². The van der Waals surface area contributed by atoms with E-state index in [2.05, 4.69) is 0 Å². The fourth-order valence-electron chi connectivity index (χ4n) is 0.483. The van der Waals surface area contributed by atoms with Crippen LogP contribution in [0.25, 0.3) is 0 Å². The van der Waals surface area contributed by atoms with Crippen LogP contribution in [0.2, 0.25) is 0 Å². The summed E-state index contributed by atoms with van der Waals surface area (Å²) in [6.07, 6.45) is -5.48. The van der Waals surface area contributed by atoms with Crippen LogP contribution in [-0.2, 0) is 24.0 Å². The first-order valence-electron chi connectivity index (χ1n) is 4.30. The van der Waals surface area contributed by atoms with Crippen molar-refractivity contribution in [2.45, 2.75) is 18.6 Å². The second-order valence-electron chi connectivity index (χ2n) is 2.86. The zero-order valence-electron chi connectivity index (χ0n) is 9.09. The van der Waals surface area contributed by atoms with Gasteiger partial charge in [0.25, 0.3) is 5.78 Å². The van der Waals surface area contributed by atoms with Gasteiger partial charge in [-0.25, -0.2) is 14.4 Å². The first kappa shape index (κ1) is 18.8. The number of Topliss-reactive ketones (excluding diaryl/α,β-unsaturated/α-hetero) is 1. The van der Waals surface area contributed by atoms with Crippen LogP contribution in [0.15, 0.2) is 0 Å². The third-order valence-corrected chi connectivity index (χ3v) is 1.36. The molecule has 11 heteroatoms. The molecule has 2 atom stereocenters. The van der Waals surface area contributed by atoms with Crippen molar-refractivity contribution in [3.8, 4) is 0 Å². The van der Waals surface area contributed by atoms with E-state index >= 15 is 0 Å². The molecule has 0 rings (SSSR count). The number of carboxylic acid groups (broad SMARTS) is 4. The normalized spacial score (nSPS) is 12.3. The summed E-state index contributed by atoms with van der Waals surface area (Å²) in [6.45, 7) is 0. The van der Waals surface area contributed by atoms with Crippen molar-refractivity contribution in [1.82, 2.24) is 0 Å². The second-order valence-corrected chi connectivity index (χ2v) is 2.86. The van der Waals surface area contributed by atoms with Crippen LogP contribution in [-0.4, -0.2) is 72.5 Å². The molecule has 0 aromatic carbocycles. The summed E-state index contributed by atoms with van der Waals surface area (Å²) < 4.78 is 0. The lowest BCUT2D eigenvalue weighted by Crippen LogP contribution is -2.39. The lowest BCUT2D eigenvalue weighted by atomic mass is 10.2. The molecule has 0 heterocycles. The summed E-state index contributed by atoms with van der Waals surface area (Å²) >= 11 is 0. The Hall–Kier alpha value is -2.53. The highest BCUT2D eigenvalue weighted by Gasteiger charge is 2.29.